The van der Waals surface area contributed by atoms with E-state index in [0.29, 0.717) is 12.1 Å². The third kappa shape index (κ3) is 4.86. The average molecular weight is 336 g/mol. The van der Waals surface area contributed by atoms with Crippen LogP contribution in [0.3, 0.4) is 0 Å². The summed E-state index contributed by atoms with van der Waals surface area (Å²) in [6.07, 6.45) is 1.29. The average Bonchev–Trinajstić information content (AvgIpc) is 3.09. The Labute approximate surface area is 144 Å². The van der Waals surface area contributed by atoms with Crippen LogP contribution in [0.4, 0.5) is 0 Å². The zero-order valence-corrected chi connectivity index (χ0v) is 15.1. The Morgan fingerprint density at radius 2 is 1.96 bits per heavy atom. The second-order valence-corrected chi connectivity index (χ2v) is 7.81. The highest BCUT2D eigenvalue weighted by molar-refractivity contribution is 7.99. The summed E-state index contributed by atoms with van der Waals surface area (Å²) in [6, 6.07) is 9.66. The summed E-state index contributed by atoms with van der Waals surface area (Å²) in [4.78, 5) is 5.02. The van der Waals surface area contributed by atoms with Crippen LogP contribution >= 0.6 is 11.8 Å². The number of likely N-dealkylation sites (N-methyl/N-ethyl adjacent to an activating group) is 1. The first-order valence-electron chi connectivity index (χ1n) is 8.63. The fourth-order valence-corrected chi connectivity index (χ4v) is 4.49. The van der Waals surface area contributed by atoms with Gasteiger partial charge in [-0.2, -0.15) is 11.8 Å². The van der Waals surface area contributed by atoms with Crippen molar-refractivity contribution in [1.82, 2.24) is 15.1 Å². The molecule has 2 aliphatic rings. The van der Waals surface area contributed by atoms with Gasteiger partial charge in [-0.25, -0.2) is 0 Å². The van der Waals surface area contributed by atoms with Gasteiger partial charge in [0.2, 0.25) is 0 Å². The molecule has 2 aliphatic heterocycles. The van der Waals surface area contributed by atoms with E-state index in [1.807, 2.05) is 0 Å². The second-order valence-electron chi connectivity index (χ2n) is 6.66. The molecule has 0 aliphatic carbocycles. The van der Waals surface area contributed by atoms with Gasteiger partial charge in [0, 0.05) is 50.6 Å². The lowest BCUT2D eigenvalue weighted by Gasteiger charge is -2.35. The van der Waals surface area contributed by atoms with Gasteiger partial charge in [-0.1, -0.05) is 12.1 Å². The quantitative estimate of drug-likeness (QED) is 0.859. The minimum absolute atomic E-state index is 0.410. The first-order chi connectivity index (χ1) is 11.2. The molecule has 2 fully saturated rings. The Morgan fingerprint density at radius 1 is 1.22 bits per heavy atom. The largest absolute Gasteiger partial charge is 0.497 e. The maximum atomic E-state index is 5.30. The van der Waals surface area contributed by atoms with E-state index in [9.17, 15) is 0 Å². The summed E-state index contributed by atoms with van der Waals surface area (Å²) >= 11 is 2.07. The van der Waals surface area contributed by atoms with Gasteiger partial charge < -0.3 is 15.0 Å². The summed E-state index contributed by atoms with van der Waals surface area (Å²) in [6.45, 7) is 5.79. The zero-order chi connectivity index (χ0) is 16.1. The van der Waals surface area contributed by atoms with Crippen LogP contribution in [-0.4, -0.2) is 74.2 Å². The molecule has 0 radical (unpaired) electrons. The Bertz CT molecular complexity index is 468. The van der Waals surface area contributed by atoms with Crippen molar-refractivity contribution in [2.75, 3.05) is 58.4 Å². The predicted octanol–water partition coefficient (Wildman–Crippen LogP) is 2.08. The van der Waals surface area contributed by atoms with Gasteiger partial charge in [0.25, 0.3) is 0 Å². The third-order valence-corrected chi connectivity index (χ3v) is 6.08. The highest BCUT2D eigenvalue weighted by Gasteiger charge is 2.24. The van der Waals surface area contributed by atoms with E-state index in [2.05, 4.69) is 58.2 Å². The van der Waals surface area contributed by atoms with Crippen LogP contribution in [0.5, 0.6) is 5.75 Å². The summed E-state index contributed by atoms with van der Waals surface area (Å²) in [5.74, 6) is 3.47. The van der Waals surface area contributed by atoms with Crippen molar-refractivity contribution in [2.45, 2.75) is 18.5 Å². The van der Waals surface area contributed by atoms with Crippen LogP contribution in [0, 0.1) is 0 Å². The van der Waals surface area contributed by atoms with Gasteiger partial charge in [0.05, 0.1) is 7.11 Å². The molecule has 2 atom stereocenters. The summed E-state index contributed by atoms with van der Waals surface area (Å²) in [7, 11) is 3.94. The van der Waals surface area contributed by atoms with E-state index in [0.717, 1.165) is 12.3 Å². The van der Waals surface area contributed by atoms with Crippen LogP contribution in [0.15, 0.2) is 24.3 Å². The van der Waals surface area contributed by atoms with E-state index in [1.165, 1.54) is 49.7 Å². The summed E-state index contributed by atoms with van der Waals surface area (Å²) in [5.41, 5.74) is 1.38. The van der Waals surface area contributed by atoms with Gasteiger partial charge in [-0.3, -0.25) is 4.90 Å². The van der Waals surface area contributed by atoms with E-state index in [1.54, 1.807) is 7.11 Å². The SMILES string of the molecule is COc1ccc([C@H](CN2CCN(C)CC2)N[C@@H]2CCSC2)cc1. The van der Waals surface area contributed by atoms with Gasteiger partial charge >= 0.3 is 0 Å². The van der Waals surface area contributed by atoms with Gasteiger partial charge in [0.1, 0.15) is 5.75 Å². The number of piperazine rings is 1. The van der Waals surface area contributed by atoms with Crippen LogP contribution in [0.2, 0.25) is 0 Å². The van der Waals surface area contributed by atoms with E-state index in [4.69, 9.17) is 4.74 Å². The molecular formula is C18H29N3OS. The standard InChI is InChI=1S/C18H29N3OS/c1-20-8-10-21(11-9-20)13-18(19-16-7-12-23-14-16)15-3-5-17(22-2)6-4-15/h3-6,16,18-19H,7-14H2,1-2H3/t16-,18+/m1/s1. The molecule has 0 spiro atoms. The number of benzene rings is 1. The van der Waals surface area contributed by atoms with Gasteiger partial charge in [-0.15, -0.1) is 0 Å². The topological polar surface area (TPSA) is 27.7 Å². The van der Waals surface area contributed by atoms with E-state index >= 15 is 0 Å². The second kappa shape index (κ2) is 8.38. The zero-order valence-electron chi connectivity index (χ0n) is 14.3. The molecule has 0 unspecified atom stereocenters. The molecule has 23 heavy (non-hydrogen) atoms. The maximum Gasteiger partial charge on any atom is 0.118 e. The predicted molar refractivity (Wildman–Crippen MR) is 98.5 cm³/mol. The lowest BCUT2D eigenvalue weighted by Crippen LogP contribution is -2.48. The minimum atomic E-state index is 0.410. The molecule has 128 valence electrons. The van der Waals surface area contributed by atoms with Gasteiger partial charge in [-0.05, 0) is 36.9 Å². The lowest BCUT2D eigenvalue weighted by molar-refractivity contribution is 0.140. The number of methoxy groups -OCH3 is 1. The van der Waals surface area contributed by atoms with Crippen molar-refractivity contribution in [2.24, 2.45) is 0 Å². The van der Waals surface area contributed by atoms with Crippen molar-refractivity contribution >= 4 is 11.8 Å². The molecule has 0 amide bonds. The van der Waals surface area contributed by atoms with Crippen molar-refractivity contribution in [3.05, 3.63) is 29.8 Å². The summed E-state index contributed by atoms with van der Waals surface area (Å²) < 4.78 is 5.30. The molecule has 0 bridgehead atoms. The minimum Gasteiger partial charge on any atom is -0.497 e. The number of hydrogen-bond donors (Lipinski definition) is 1. The monoisotopic (exact) mass is 335 g/mol. The highest BCUT2D eigenvalue weighted by atomic mass is 32.2. The fourth-order valence-electron chi connectivity index (χ4n) is 3.33. The maximum absolute atomic E-state index is 5.30. The fraction of sp³-hybridized carbons (Fsp3) is 0.667. The number of ether oxygens (including phenoxy) is 1. The van der Waals surface area contributed by atoms with Crippen molar-refractivity contribution in [3.8, 4) is 5.75 Å². The van der Waals surface area contributed by atoms with Crippen molar-refractivity contribution < 1.29 is 4.74 Å². The molecule has 0 saturated carbocycles. The normalized spacial score (nSPS) is 24.7. The number of hydrogen-bond acceptors (Lipinski definition) is 5. The molecular weight excluding hydrogens is 306 g/mol. The Kier molecular flexibility index (Phi) is 6.22. The van der Waals surface area contributed by atoms with E-state index in [-0.39, 0.29) is 0 Å². The molecule has 1 aromatic carbocycles. The first kappa shape index (κ1) is 17.1. The number of thioether (sulfide) groups is 1. The smallest absolute Gasteiger partial charge is 0.118 e. The highest BCUT2D eigenvalue weighted by Crippen LogP contribution is 2.24. The van der Waals surface area contributed by atoms with E-state index < -0.39 is 0 Å². The molecule has 5 heteroatoms. The molecule has 4 nitrogen and oxygen atoms in total. The third-order valence-electron chi connectivity index (χ3n) is 4.92. The van der Waals surface area contributed by atoms with Gasteiger partial charge in [0.15, 0.2) is 0 Å². The number of nitrogens with zero attached hydrogens (tertiary/aromatic N) is 2. The Balaban J connectivity index is 1.66. The number of nitrogens with one attached hydrogen (secondary N) is 1. The van der Waals surface area contributed by atoms with Crippen molar-refractivity contribution in [1.29, 1.82) is 0 Å². The molecule has 3 rings (SSSR count). The van der Waals surface area contributed by atoms with Crippen LogP contribution in [0.1, 0.15) is 18.0 Å². The Morgan fingerprint density at radius 3 is 2.57 bits per heavy atom. The first-order valence-corrected chi connectivity index (χ1v) is 9.78. The molecule has 1 N–H and O–H groups in total. The van der Waals surface area contributed by atoms with Crippen LogP contribution < -0.4 is 10.1 Å². The van der Waals surface area contributed by atoms with Crippen molar-refractivity contribution in [3.63, 3.8) is 0 Å². The molecule has 2 saturated heterocycles. The molecule has 0 aromatic heterocycles. The lowest BCUT2D eigenvalue weighted by atomic mass is 10.0. The Hall–Kier alpha value is -0.750. The van der Waals surface area contributed by atoms with Crippen LogP contribution in [-0.2, 0) is 0 Å². The van der Waals surface area contributed by atoms with Crippen LogP contribution in [0.25, 0.3) is 0 Å². The summed E-state index contributed by atoms with van der Waals surface area (Å²) in [5, 5.41) is 3.91. The molecule has 2 heterocycles. The number of rotatable bonds is 6. The molecule has 1 aromatic rings.